The van der Waals surface area contributed by atoms with Crippen molar-refractivity contribution in [2.24, 2.45) is 0 Å². The Morgan fingerprint density at radius 1 is 1.21 bits per heavy atom. The van der Waals surface area contributed by atoms with E-state index in [-0.39, 0.29) is 23.9 Å². The largest absolute Gasteiger partial charge is 0.416 e. The molecular weight excluding hydrogens is 281 g/mol. The minimum atomic E-state index is -4.42. The first-order valence-corrected chi connectivity index (χ1v) is 5.66. The van der Waals surface area contributed by atoms with Crippen molar-refractivity contribution < 1.29 is 18.0 Å². The minimum absolute atomic E-state index is 0. The van der Waals surface area contributed by atoms with Crippen LogP contribution in [0.15, 0.2) is 24.3 Å². The van der Waals surface area contributed by atoms with Gasteiger partial charge in [0.15, 0.2) is 0 Å². The highest BCUT2D eigenvalue weighted by Crippen LogP contribution is 2.29. The van der Waals surface area contributed by atoms with Gasteiger partial charge >= 0.3 is 6.18 Å². The fraction of sp³-hybridized carbons (Fsp3) is 0.417. The molecule has 0 saturated carbocycles. The number of hydrogen-bond acceptors (Lipinski definition) is 2. The summed E-state index contributed by atoms with van der Waals surface area (Å²) in [5.74, 6) is -0.345. The Bertz CT molecular complexity index is 445. The van der Waals surface area contributed by atoms with Crippen LogP contribution in [0.1, 0.15) is 15.9 Å². The molecule has 1 aromatic carbocycles. The van der Waals surface area contributed by atoms with Crippen molar-refractivity contribution in [1.82, 2.24) is 10.2 Å². The van der Waals surface area contributed by atoms with E-state index in [2.05, 4.69) is 5.32 Å². The average molecular weight is 295 g/mol. The molecular formula is C12H14ClF3N2O. The number of alkyl halides is 3. The highest BCUT2D eigenvalue weighted by molar-refractivity contribution is 5.94. The third kappa shape index (κ3) is 3.84. The van der Waals surface area contributed by atoms with Crippen LogP contribution in [-0.2, 0) is 6.18 Å². The van der Waals surface area contributed by atoms with E-state index in [4.69, 9.17) is 0 Å². The maximum Gasteiger partial charge on any atom is 0.416 e. The molecule has 0 atom stereocenters. The maximum atomic E-state index is 12.5. The summed E-state index contributed by atoms with van der Waals surface area (Å²) < 4.78 is 37.6. The molecule has 0 radical (unpaired) electrons. The van der Waals surface area contributed by atoms with E-state index in [1.54, 1.807) is 4.90 Å². The van der Waals surface area contributed by atoms with E-state index < -0.39 is 11.7 Å². The average Bonchev–Trinajstić information content (AvgIpc) is 2.38. The lowest BCUT2D eigenvalue weighted by Crippen LogP contribution is -2.46. The predicted octanol–water partition coefficient (Wildman–Crippen LogP) is 2.17. The summed E-state index contributed by atoms with van der Waals surface area (Å²) in [7, 11) is 0. The molecule has 1 aliphatic heterocycles. The van der Waals surface area contributed by atoms with Crippen molar-refractivity contribution in [3.63, 3.8) is 0 Å². The molecule has 1 fully saturated rings. The fourth-order valence-electron chi connectivity index (χ4n) is 1.88. The molecule has 3 nitrogen and oxygen atoms in total. The number of halogens is 4. The van der Waals surface area contributed by atoms with Crippen LogP contribution in [0.2, 0.25) is 0 Å². The molecule has 106 valence electrons. The maximum absolute atomic E-state index is 12.5. The first-order valence-electron chi connectivity index (χ1n) is 5.66. The lowest BCUT2D eigenvalue weighted by atomic mass is 10.1. The zero-order valence-corrected chi connectivity index (χ0v) is 10.9. The van der Waals surface area contributed by atoms with Crippen molar-refractivity contribution in [3.8, 4) is 0 Å². The van der Waals surface area contributed by atoms with Crippen molar-refractivity contribution in [2.75, 3.05) is 26.2 Å². The topological polar surface area (TPSA) is 32.3 Å². The smallest absolute Gasteiger partial charge is 0.336 e. The third-order valence-electron chi connectivity index (χ3n) is 2.84. The zero-order chi connectivity index (χ0) is 13.2. The van der Waals surface area contributed by atoms with E-state index in [9.17, 15) is 18.0 Å². The highest BCUT2D eigenvalue weighted by atomic mass is 35.5. The number of piperazine rings is 1. The normalized spacial score (nSPS) is 15.8. The summed E-state index contributed by atoms with van der Waals surface area (Å²) in [5, 5.41) is 3.08. The number of benzene rings is 1. The van der Waals surface area contributed by atoms with Gasteiger partial charge in [-0.15, -0.1) is 12.4 Å². The third-order valence-corrected chi connectivity index (χ3v) is 2.84. The van der Waals surface area contributed by atoms with E-state index in [1.165, 1.54) is 12.1 Å². The second kappa shape index (κ2) is 6.25. The van der Waals surface area contributed by atoms with Crippen molar-refractivity contribution >= 4 is 18.3 Å². The first-order chi connectivity index (χ1) is 8.48. The van der Waals surface area contributed by atoms with Crippen LogP contribution >= 0.6 is 12.4 Å². The standard InChI is InChI=1S/C12H13F3N2O.ClH/c13-12(14,15)10-3-1-2-9(8-10)11(18)17-6-4-16-5-7-17;/h1-3,8,16H,4-7H2;1H. The van der Waals surface area contributed by atoms with Gasteiger partial charge in [0.25, 0.3) is 5.91 Å². The van der Waals surface area contributed by atoms with Crippen LogP contribution in [0.3, 0.4) is 0 Å². The summed E-state index contributed by atoms with van der Waals surface area (Å²) in [6, 6.07) is 4.55. The Hall–Kier alpha value is -1.27. The van der Waals surface area contributed by atoms with Gasteiger partial charge in [-0.3, -0.25) is 4.79 Å². The van der Waals surface area contributed by atoms with Crippen LogP contribution in [0, 0.1) is 0 Å². The van der Waals surface area contributed by atoms with Crippen molar-refractivity contribution in [3.05, 3.63) is 35.4 Å². The van der Waals surface area contributed by atoms with Crippen molar-refractivity contribution in [2.45, 2.75) is 6.18 Å². The van der Waals surface area contributed by atoms with Crippen molar-refractivity contribution in [1.29, 1.82) is 0 Å². The molecule has 2 rings (SSSR count). The number of nitrogens with zero attached hydrogens (tertiary/aromatic N) is 1. The molecule has 0 unspecified atom stereocenters. The van der Waals surface area contributed by atoms with Gasteiger partial charge in [0.05, 0.1) is 5.56 Å². The summed E-state index contributed by atoms with van der Waals surface area (Å²) in [6.07, 6.45) is -4.42. The summed E-state index contributed by atoms with van der Waals surface area (Å²) >= 11 is 0. The summed E-state index contributed by atoms with van der Waals surface area (Å²) in [6.45, 7) is 2.39. The number of hydrogen-bond donors (Lipinski definition) is 1. The molecule has 0 bridgehead atoms. The minimum Gasteiger partial charge on any atom is -0.336 e. The number of carbonyl (C=O) groups excluding carboxylic acids is 1. The van der Waals surface area contributed by atoms with Gasteiger partial charge in [-0.05, 0) is 18.2 Å². The Balaban J connectivity index is 0.00000180. The van der Waals surface area contributed by atoms with Gasteiger partial charge in [-0.2, -0.15) is 13.2 Å². The predicted molar refractivity (Wildman–Crippen MR) is 67.5 cm³/mol. The number of amides is 1. The number of rotatable bonds is 1. The number of carbonyl (C=O) groups is 1. The zero-order valence-electron chi connectivity index (χ0n) is 10.0. The molecule has 0 aliphatic carbocycles. The SMILES string of the molecule is Cl.O=C(c1cccc(C(F)(F)F)c1)N1CCNCC1. The van der Waals surface area contributed by atoms with Crippen LogP contribution < -0.4 is 5.32 Å². The molecule has 1 aromatic rings. The van der Waals surface area contributed by atoms with Crippen LogP contribution in [0.5, 0.6) is 0 Å². The second-order valence-electron chi connectivity index (χ2n) is 4.12. The molecule has 0 spiro atoms. The van der Waals surface area contributed by atoms with Crippen LogP contribution in [0.25, 0.3) is 0 Å². The van der Waals surface area contributed by atoms with Gasteiger partial charge in [0.1, 0.15) is 0 Å². The van der Waals surface area contributed by atoms with Gasteiger partial charge < -0.3 is 10.2 Å². The summed E-state index contributed by atoms with van der Waals surface area (Å²) in [5.41, 5.74) is -0.699. The van der Waals surface area contributed by atoms with E-state index in [0.717, 1.165) is 12.1 Å². The Morgan fingerprint density at radius 3 is 2.42 bits per heavy atom. The molecule has 1 amide bonds. The molecule has 19 heavy (non-hydrogen) atoms. The first kappa shape index (κ1) is 15.8. The van der Waals surface area contributed by atoms with Crippen LogP contribution in [-0.4, -0.2) is 37.0 Å². The highest BCUT2D eigenvalue weighted by Gasteiger charge is 2.31. The lowest BCUT2D eigenvalue weighted by molar-refractivity contribution is -0.137. The summed E-state index contributed by atoms with van der Waals surface area (Å²) in [4.78, 5) is 13.6. The van der Waals surface area contributed by atoms with E-state index in [0.29, 0.717) is 26.2 Å². The Morgan fingerprint density at radius 2 is 1.84 bits per heavy atom. The Labute approximate surface area is 115 Å². The molecule has 7 heteroatoms. The fourth-order valence-corrected chi connectivity index (χ4v) is 1.88. The van der Waals surface area contributed by atoms with E-state index >= 15 is 0 Å². The monoisotopic (exact) mass is 294 g/mol. The molecule has 1 aliphatic rings. The molecule has 1 heterocycles. The van der Waals surface area contributed by atoms with Gasteiger partial charge in [-0.1, -0.05) is 6.07 Å². The number of nitrogens with one attached hydrogen (secondary N) is 1. The quantitative estimate of drug-likeness (QED) is 0.861. The van der Waals surface area contributed by atoms with Gasteiger partial charge in [-0.25, -0.2) is 0 Å². The molecule has 0 aromatic heterocycles. The molecule has 1 saturated heterocycles. The van der Waals surface area contributed by atoms with Crippen LogP contribution in [0.4, 0.5) is 13.2 Å². The second-order valence-corrected chi connectivity index (χ2v) is 4.12. The lowest BCUT2D eigenvalue weighted by Gasteiger charge is -2.27. The Kier molecular flexibility index (Phi) is 5.20. The van der Waals surface area contributed by atoms with Gasteiger partial charge in [0.2, 0.25) is 0 Å². The van der Waals surface area contributed by atoms with E-state index in [1.807, 2.05) is 0 Å². The molecule has 1 N–H and O–H groups in total. The van der Waals surface area contributed by atoms with Gasteiger partial charge in [0, 0.05) is 31.7 Å².